The molecule has 29 heavy (non-hydrogen) atoms. The largest absolute Gasteiger partial charge is 0.496 e. The van der Waals surface area contributed by atoms with Crippen molar-refractivity contribution < 1.29 is 14.3 Å². The zero-order valence-corrected chi connectivity index (χ0v) is 17.3. The summed E-state index contributed by atoms with van der Waals surface area (Å²) < 4.78 is 5.25. The van der Waals surface area contributed by atoms with Gasteiger partial charge in [0.1, 0.15) is 11.8 Å². The lowest BCUT2D eigenvalue weighted by atomic mass is 10.0. The van der Waals surface area contributed by atoms with Crippen LogP contribution < -0.4 is 20.3 Å². The second kappa shape index (κ2) is 9.45. The van der Waals surface area contributed by atoms with E-state index in [1.807, 2.05) is 19.9 Å². The summed E-state index contributed by atoms with van der Waals surface area (Å²) in [6.07, 6.45) is 1.04. The lowest BCUT2D eigenvalue weighted by molar-refractivity contribution is -0.123. The lowest BCUT2D eigenvalue weighted by Crippen LogP contribution is -2.50. The number of ether oxygens (including phenoxy) is 1. The molecule has 6 nitrogen and oxygen atoms in total. The van der Waals surface area contributed by atoms with Gasteiger partial charge in [-0.25, -0.2) is 0 Å². The number of hydrogen-bond donors (Lipinski definition) is 2. The number of hydrogen-bond acceptors (Lipinski definition) is 4. The molecule has 1 atom stereocenters. The van der Waals surface area contributed by atoms with Crippen LogP contribution in [0.15, 0.2) is 48.5 Å². The van der Waals surface area contributed by atoms with Crippen LogP contribution in [0.3, 0.4) is 0 Å². The van der Waals surface area contributed by atoms with E-state index in [4.69, 9.17) is 4.74 Å². The molecule has 154 valence electrons. The van der Waals surface area contributed by atoms with Gasteiger partial charge in [0.05, 0.1) is 12.7 Å². The molecule has 2 aromatic carbocycles. The Morgan fingerprint density at radius 3 is 2.59 bits per heavy atom. The third-order valence-corrected chi connectivity index (χ3v) is 5.25. The summed E-state index contributed by atoms with van der Waals surface area (Å²) in [5.41, 5.74) is 3.01. The predicted octanol–water partition coefficient (Wildman–Crippen LogP) is 2.63. The quantitative estimate of drug-likeness (QED) is 0.721. The summed E-state index contributed by atoms with van der Waals surface area (Å²) in [7, 11) is 1.52. The van der Waals surface area contributed by atoms with Crippen molar-refractivity contribution in [3.63, 3.8) is 0 Å². The molecule has 1 unspecified atom stereocenters. The van der Waals surface area contributed by atoms with Crippen LogP contribution in [-0.2, 0) is 11.2 Å². The molecule has 1 aliphatic rings. The van der Waals surface area contributed by atoms with Crippen molar-refractivity contribution in [2.45, 2.75) is 26.3 Å². The van der Waals surface area contributed by atoms with Crippen LogP contribution in [0.4, 0.5) is 5.69 Å². The molecule has 1 heterocycles. The lowest BCUT2D eigenvalue weighted by Gasteiger charge is -2.24. The number of para-hydroxylation sites is 2. The summed E-state index contributed by atoms with van der Waals surface area (Å²) in [6, 6.07) is 14.7. The molecule has 0 fully saturated rings. The van der Waals surface area contributed by atoms with Crippen LogP contribution in [0.5, 0.6) is 5.75 Å². The molecule has 0 radical (unpaired) electrons. The topological polar surface area (TPSA) is 70.7 Å². The monoisotopic (exact) mass is 395 g/mol. The molecule has 6 heteroatoms. The summed E-state index contributed by atoms with van der Waals surface area (Å²) in [5, 5.41) is 5.84. The molecular weight excluding hydrogens is 366 g/mol. The SMILES string of the molecule is COc1ccccc1C(=O)NC(C(=O)NCCN1CCc2ccccc21)C(C)C. The van der Waals surface area contributed by atoms with Gasteiger partial charge in [0.15, 0.2) is 0 Å². The van der Waals surface area contributed by atoms with Crippen molar-refractivity contribution in [1.29, 1.82) is 0 Å². The van der Waals surface area contributed by atoms with E-state index in [0.717, 1.165) is 19.5 Å². The minimum atomic E-state index is -0.613. The Morgan fingerprint density at radius 2 is 1.83 bits per heavy atom. The third-order valence-electron chi connectivity index (χ3n) is 5.25. The average Bonchev–Trinajstić information content (AvgIpc) is 3.14. The molecule has 1 aliphatic heterocycles. The summed E-state index contributed by atoms with van der Waals surface area (Å²) in [6.45, 7) is 6.08. The predicted molar refractivity (Wildman–Crippen MR) is 114 cm³/mol. The highest BCUT2D eigenvalue weighted by atomic mass is 16.5. The van der Waals surface area contributed by atoms with Crippen molar-refractivity contribution in [3.05, 3.63) is 59.7 Å². The number of anilines is 1. The second-order valence-electron chi connectivity index (χ2n) is 7.55. The summed E-state index contributed by atoms with van der Waals surface area (Å²) >= 11 is 0. The average molecular weight is 396 g/mol. The Balaban J connectivity index is 1.56. The fraction of sp³-hybridized carbons (Fsp3) is 0.391. The maximum Gasteiger partial charge on any atom is 0.255 e. The molecular formula is C23H29N3O3. The zero-order valence-electron chi connectivity index (χ0n) is 17.3. The number of nitrogens with zero attached hydrogens (tertiary/aromatic N) is 1. The maximum absolute atomic E-state index is 12.7. The molecule has 0 bridgehead atoms. The van der Waals surface area contributed by atoms with Gasteiger partial charge in [0.2, 0.25) is 5.91 Å². The van der Waals surface area contributed by atoms with Crippen LogP contribution >= 0.6 is 0 Å². The van der Waals surface area contributed by atoms with Gasteiger partial charge in [0.25, 0.3) is 5.91 Å². The molecule has 0 aromatic heterocycles. The van der Waals surface area contributed by atoms with Crippen LogP contribution in [0.1, 0.15) is 29.8 Å². The Kier molecular flexibility index (Phi) is 6.75. The minimum Gasteiger partial charge on any atom is -0.496 e. The molecule has 0 aliphatic carbocycles. The van der Waals surface area contributed by atoms with Gasteiger partial charge >= 0.3 is 0 Å². The van der Waals surface area contributed by atoms with Crippen LogP contribution in [0.25, 0.3) is 0 Å². The Morgan fingerprint density at radius 1 is 1.10 bits per heavy atom. The number of fused-ring (bicyclic) bond motifs is 1. The number of carbonyl (C=O) groups is 2. The second-order valence-corrected chi connectivity index (χ2v) is 7.55. The molecule has 2 aromatic rings. The fourth-order valence-corrected chi connectivity index (χ4v) is 3.65. The summed E-state index contributed by atoms with van der Waals surface area (Å²) in [4.78, 5) is 27.7. The number of carbonyl (C=O) groups excluding carboxylic acids is 2. The Labute approximate surface area is 172 Å². The molecule has 0 saturated carbocycles. The van der Waals surface area contributed by atoms with E-state index >= 15 is 0 Å². The third kappa shape index (κ3) is 4.88. The highest BCUT2D eigenvalue weighted by Gasteiger charge is 2.26. The Hall–Kier alpha value is -3.02. The van der Waals surface area contributed by atoms with Crippen molar-refractivity contribution >= 4 is 17.5 Å². The van der Waals surface area contributed by atoms with Gasteiger partial charge < -0.3 is 20.3 Å². The van der Waals surface area contributed by atoms with E-state index < -0.39 is 6.04 Å². The van der Waals surface area contributed by atoms with Crippen molar-refractivity contribution in [2.75, 3.05) is 31.6 Å². The zero-order chi connectivity index (χ0) is 20.8. The number of amides is 2. The standard InChI is InChI=1S/C23H29N3O3/c1-16(2)21(25-22(27)18-9-5-7-11-20(18)29-3)23(28)24-13-15-26-14-12-17-8-4-6-10-19(17)26/h4-11,16,21H,12-15H2,1-3H3,(H,24,28)(H,25,27). The molecule has 0 spiro atoms. The van der Waals surface area contributed by atoms with E-state index in [2.05, 4.69) is 33.7 Å². The first-order valence-electron chi connectivity index (χ1n) is 10.1. The van der Waals surface area contributed by atoms with Gasteiger partial charge in [-0.05, 0) is 36.1 Å². The molecule has 3 rings (SSSR count). The molecule has 2 amide bonds. The van der Waals surface area contributed by atoms with E-state index in [1.54, 1.807) is 24.3 Å². The van der Waals surface area contributed by atoms with E-state index in [9.17, 15) is 9.59 Å². The first-order chi connectivity index (χ1) is 14.0. The molecule has 0 saturated heterocycles. The van der Waals surface area contributed by atoms with E-state index in [1.165, 1.54) is 18.4 Å². The van der Waals surface area contributed by atoms with Crippen molar-refractivity contribution in [3.8, 4) is 5.75 Å². The van der Waals surface area contributed by atoms with E-state index in [0.29, 0.717) is 17.9 Å². The highest BCUT2D eigenvalue weighted by molar-refractivity contribution is 5.99. The highest BCUT2D eigenvalue weighted by Crippen LogP contribution is 2.26. The summed E-state index contributed by atoms with van der Waals surface area (Å²) in [5.74, 6) is -0.0396. The van der Waals surface area contributed by atoms with E-state index in [-0.39, 0.29) is 17.7 Å². The van der Waals surface area contributed by atoms with Crippen LogP contribution in [0, 0.1) is 5.92 Å². The molecule has 2 N–H and O–H groups in total. The van der Waals surface area contributed by atoms with Crippen LogP contribution in [0.2, 0.25) is 0 Å². The number of rotatable bonds is 8. The van der Waals surface area contributed by atoms with Gasteiger partial charge in [-0.1, -0.05) is 44.2 Å². The van der Waals surface area contributed by atoms with Crippen LogP contribution in [-0.4, -0.2) is 44.6 Å². The smallest absolute Gasteiger partial charge is 0.255 e. The first kappa shape index (κ1) is 20.7. The Bertz CT molecular complexity index is 866. The van der Waals surface area contributed by atoms with Crippen molar-refractivity contribution in [1.82, 2.24) is 10.6 Å². The maximum atomic E-state index is 12.7. The number of nitrogens with one attached hydrogen (secondary N) is 2. The van der Waals surface area contributed by atoms with Gasteiger partial charge in [0, 0.05) is 25.3 Å². The fourth-order valence-electron chi connectivity index (χ4n) is 3.65. The first-order valence-corrected chi connectivity index (χ1v) is 10.1. The normalized spacial score (nSPS) is 13.7. The number of methoxy groups -OCH3 is 1. The minimum absolute atomic E-state index is 0.0406. The number of benzene rings is 2. The van der Waals surface area contributed by atoms with Crippen molar-refractivity contribution in [2.24, 2.45) is 5.92 Å². The van der Waals surface area contributed by atoms with Gasteiger partial charge in [-0.3, -0.25) is 9.59 Å². The van der Waals surface area contributed by atoms with Gasteiger partial charge in [-0.2, -0.15) is 0 Å². The van der Waals surface area contributed by atoms with Gasteiger partial charge in [-0.15, -0.1) is 0 Å².